The molecule has 0 amide bonds. The zero-order valence-electron chi connectivity index (χ0n) is 11.1. The van der Waals surface area contributed by atoms with Gasteiger partial charge in [-0.15, -0.1) is 0 Å². The van der Waals surface area contributed by atoms with Crippen LogP contribution in [0.2, 0.25) is 0 Å². The molecule has 1 N–H and O–H groups in total. The Morgan fingerprint density at radius 1 is 1.19 bits per heavy atom. The molecular weight excluding hydrogens is 194 g/mol. The number of nitrogens with one attached hydrogen (secondary N) is 1. The molecule has 0 heterocycles. The van der Waals surface area contributed by atoms with Gasteiger partial charge >= 0.3 is 0 Å². The first kappa shape index (κ1) is 13.2. The third-order valence-electron chi connectivity index (χ3n) is 3.36. The highest BCUT2D eigenvalue weighted by Crippen LogP contribution is 2.11. The minimum absolute atomic E-state index is 0.606. The first-order valence-electron chi connectivity index (χ1n) is 6.41. The van der Waals surface area contributed by atoms with E-state index in [9.17, 15) is 0 Å². The van der Waals surface area contributed by atoms with E-state index in [0.29, 0.717) is 6.04 Å². The summed E-state index contributed by atoms with van der Waals surface area (Å²) in [5.74, 6) is 0.819. The van der Waals surface area contributed by atoms with Crippen molar-refractivity contribution in [3.8, 4) is 0 Å². The van der Waals surface area contributed by atoms with E-state index >= 15 is 0 Å². The zero-order valence-corrected chi connectivity index (χ0v) is 11.1. The van der Waals surface area contributed by atoms with Crippen LogP contribution in [0.3, 0.4) is 0 Å². The molecule has 0 saturated heterocycles. The molecule has 16 heavy (non-hydrogen) atoms. The second-order valence-corrected chi connectivity index (χ2v) is 4.96. The molecule has 1 rings (SSSR count). The largest absolute Gasteiger partial charge is 0.310 e. The Labute approximate surface area is 100 Å². The van der Waals surface area contributed by atoms with Gasteiger partial charge in [0, 0.05) is 12.6 Å². The lowest BCUT2D eigenvalue weighted by atomic mass is 10.00. The Morgan fingerprint density at radius 3 is 2.50 bits per heavy atom. The predicted octanol–water partition coefficient (Wildman–Crippen LogP) is 3.91. The second kappa shape index (κ2) is 6.70. The maximum Gasteiger partial charge on any atom is 0.0210 e. The summed E-state index contributed by atoms with van der Waals surface area (Å²) in [6.45, 7) is 10.0. The molecule has 0 fully saturated rings. The third kappa shape index (κ3) is 4.36. The fourth-order valence-corrected chi connectivity index (χ4v) is 1.95. The molecule has 0 saturated carbocycles. The van der Waals surface area contributed by atoms with Gasteiger partial charge in [-0.2, -0.15) is 0 Å². The van der Waals surface area contributed by atoms with Gasteiger partial charge in [0.25, 0.3) is 0 Å². The minimum atomic E-state index is 0.606. The highest BCUT2D eigenvalue weighted by atomic mass is 14.9. The number of aryl methyl sites for hydroxylation is 1. The third-order valence-corrected chi connectivity index (χ3v) is 3.36. The minimum Gasteiger partial charge on any atom is -0.310 e. The smallest absolute Gasteiger partial charge is 0.0210 e. The van der Waals surface area contributed by atoms with Gasteiger partial charge in [0.1, 0.15) is 0 Å². The fraction of sp³-hybridized carbons (Fsp3) is 0.600. The first-order chi connectivity index (χ1) is 7.63. The average Bonchev–Trinajstić information content (AvgIpc) is 2.28. The van der Waals surface area contributed by atoms with E-state index in [4.69, 9.17) is 0 Å². The van der Waals surface area contributed by atoms with E-state index in [2.05, 4.69) is 57.3 Å². The Hall–Kier alpha value is -0.820. The van der Waals surface area contributed by atoms with Crippen LogP contribution in [0.5, 0.6) is 0 Å². The molecule has 0 aliphatic heterocycles. The van der Waals surface area contributed by atoms with Crippen LogP contribution in [-0.4, -0.2) is 6.04 Å². The molecule has 0 radical (unpaired) electrons. The summed E-state index contributed by atoms with van der Waals surface area (Å²) in [4.78, 5) is 0. The molecule has 0 aliphatic carbocycles. The van der Waals surface area contributed by atoms with Crippen molar-refractivity contribution in [1.29, 1.82) is 0 Å². The van der Waals surface area contributed by atoms with Crippen molar-refractivity contribution in [1.82, 2.24) is 5.32 Å². The second-order valence-electron chi connectivity index (χ2n) is 4.96. The zero-order chi connectivity index (χ0) is 12.0. The van der Waals surface area contributed by atoms with E-state index in [0.717, 1.165) is 12.5 Å². The van der Waals surface area contributed by atoms with Crippen molar-refractivity contribution >= 4 is 0 Å². The average molecular weight is 219 g/mol. The maximum absolute atomic E-state index is 3.60. The summed E-state index contributed by atoms with van der Waals surface area (Å²) in [5.41, 5.74) is 2.80. The predicted molar refractivity (Wildman–Crippen MR) is 71.6 cm³/mol. The quantitative estimate of drug-likeness (QED) is 0.765. The lowest BCUT2D eigenvalue weighted by molar-refractivity contribution is 0.412. The van der Waals surface area contributed by atoms with Crippen molar-refractivity contribution < 1.29 is 0 Å². The van der Waals surface area contributed by atoms with E-state index in [1.807, 2.05) is 0 Å². The number of benzene rings is 1. The molecular formula is C15H25N. The molecule has 1 heteroatoms. The summed E-state index contributed by atoms with van der Waals surface area (Å²) in [6.07, 6.45) is 2.54. The lowest BCUT2D eigenvalue weighted by Gasteiger charge is -2.18. The van der Waals surface area contributed by atoms with Crippen LogP contribution in [0.25, 0.3) is 0 Å². The fourth-order valence-electron chi connectivity index (χ4n) is 1.95. The van der Waals surface area contributed by atoms with Gasteiger partial charge < -0.3 is 5.32 Å². The Morgan fingerprint density at radius 2 is 1.88 bits per heavy atom. The lowest BCUT2D eigenvalue weighted by Crippen LogP contribution is -2.27. The Balaban J connectivity index is 2.37. The van der Waals surface area contributed by atoms with Gasteiger partial charge in [-0.25, -0.2) is 0 Å². The summed E-state index contributed by atoms with van der Waals surface area (Å²) >= 11 is 0. The molecule has 0 aliphatic rings. The van der Waals surface area contributed by atoms with Crippen LogP contribution < -0.4 is 5.32 Å². The van der Waals surface area contributed by atoms with Gasteiger partial charge in [0.15, 0.2) is 0 Å². The first-order valence-corrected chi connectivity index (χ1v) is 6.41. The van der Waals surface area contributed by atoms with Crippen LogP contribution in [0.1, 0.15) is 44.7 Å². The maximum atomic E-state index is 3.60. The topological polar surface area (TPSA) is 12.0 Å². The van der Waals surface area contributed by atoms with Crippen molar-refractivity contribution in [3.63, 3.8) is 0 Å². The summed E-state index contributed by atoms with van der Waals surface area (Å²) in [7, 11) is 0. The highest BCUT2D eigenvalue weighted by Gasteiger charge is 2.06. The van der Waals surface area contributed by atoms with Gasteiger partial charge in [-0.05, 0) is 37.3 Å². The van der Waals surface area contributed by atoms with Crippen molar-refractivity contribution in [3.05, 3.63) is 35.4 Å². The number of hydrogen-bond acceptors (Lipinski definition) is 1. The Kier molecular flexibility index (Phi) is 5.54. The van der Waals surface area contributed by atoms with Crippen molar-refractivity contribution in [2.24, 2.45) is 5.92 Å². The summed E-state index contributed by atoms with van der Waals surface area (Å²) in [5, 5.41) is 3.60. The van der Waals surface area contributed by atoms with Gasteiger partial charge in [0.2, 0.25) is 0 Å². The molecule has 0 spiro atoms. The number of rotatable bonds is 6. The van der Waals surface area contributed by atoms with Crippen molar-refractivity contribution in [2.75, 3.05) is 0 Å². The molecule has 2 atom stereocenters. The van der Waals surface area contributed by atoms with E-state index in [-0.39, 0.29) is 0 Å². The summed E-state index contributed by atoms with van der Waals surface area (Å²) < 4.78 is 0. The normalized spacial score (nSPS) is 14.8. The standard InChI is InChI=1S/C15H25N/c1-5-12(2)10-14(4)16-11-15-9-7-6-8-13(15)3/h6-9,12,14,16H,5,10-11H2,1-4H3. The molecule has 2 unspecified atom stereocenters. The van der Waals surface area contributed by atoms with Gasteiger partial charge in [0.05, 0.1) is 0 Å². The van der Waals surface area contributed by atoms with E-state index in [1.54, 1.807) is 0 Å². The van der Waals surface area contributed by atoms with Crippen LogP contribution >= 0.6 is 0 Å². The van der Waals surface area contributed by atoms with Crippen LogP contribution in [0.15, 0.2) is 24.3 Å². The Bertz CT molecular complexity index is 306. The molecule has 0 bridgehead atoms. The molecule has 1 aromatic rings. The number of hydrogen-bond donors (Lipinski definition) is 1. The summed E-state index contributed by atoms with van der Waals surface area (Å²) in [6, 6.07) is 9.20. The monoisotopic (exact) mass is 219 g/mol. The van der Waals surface area contributed by atoms with Crippen LogP contribution in [0, 0.1) is 12.8 Å². The van der Waals surface area contributed by atoms with E-state index in [1.165, 1.54) is 24.0 Å². The molecule has 90 valence electrons. The van der Waals surface area contributed by atoms with Crippen molar-refractivity contribution in [2.45, 2.75) is 53.1 Å². The van der Waals surface area contributed by atoms with Gasteiger partial charge in [-0.1, -0.05) is 44.5 Å². The molecule has 1 nitrogen and oxygen atoms in total. The SMILES string of the molecule is CCC(C)CC(C)NCc1ccccc1C. The van der Waals surface area contributed by atoms with Gasteiger partial charge in [-0.3, -0.25) is 0 Å². The molecule has 0 aromatic heterocycles. The van der Waals surface area contributed by atoms with Crippen LogP contribution in [0.4, 0.5) is 0 Å². The van der Waals surface area contributed by atoms with E-state index < -0.39 is 0 Å². The van der Waals surface area contributed by atoms with Crippen LogP contribution in [-0.2, 0) is 6.54 Å². The molecule has 1 aromatic carbocycles. The highest BCUT2D eigenvalue weighted by molar-refractivity contribution is 5.25.